The van der Waals surface area contributed by atoms with Gasteiger partial charge in [-0.05, 0) is 81.1 Å². The van der Waals surface area contributed by atoms with Gasteiger partial charge in [0.15, 0.2) is 5.78 Å². The molecule has 126 valence electrons. The summed E-state index contributed by atoms with van der Waals surface area (Å²) < 4.78 is 0. The van der Waals surface area contributed by atoms with E-state index < -0.39 is 0 Å². The van der Waals surface area contributed by atoms with Crippen LogP contribution in [0.5, 0.6) is 0 Å². The highest BCUT2D eigenvalue weighted by atomic mass is 16.3. The summed E-state index contributed by atoms with van der Waals surface area (Å²) >= 11 is 0. The molecule has 1 N–H and O–H groups in total. The van der Waals surface area contributed by atoms with Crippen LogP contribution in [0, 0.1) is 28.6 Å². The van der Waals surface area contributed by atoms with E-state index in [0.29, 0.717) is 17.8 Å². The number of aliphatic hydroxyl groups excluding tert-OH is 1. The zero-order valence-corrected chi connectivity index (χ0v) is 14.6. The van der Waals surface area contributed by atoms with E-state index in [1.54, 1.807) is 5.57 Å². The molecule has 4 aliphatic rings. The second-order valence-corrected chi connectivity index (χ2v) is 8.67. The molecule has 0 amide bonds. The zero-order valence-electron chi connectivity index (χ0n) is 14.6. The van der Waals surface area contributed by atoms with Crippen molar-refractivity contribution in [2.24, 2.45) is 28.6 Å². The van der Waals surface area contributed by atoms with Crippen molar-refractivity contribution in [2.45, 2.75) is 65.2 Å². The van der Waals surface area contributed by atoms with Gasteiger partial charge in [-0.25, -0.2) is 0 Å². The molecule has 0 radical (unpaired) electrons. The Kier molecular flexibility index (Phi) is 3.61. The molecule has 0 aromatic rings. The van der Waals surface area contributed by atoms with E-state index in [1.165, 1.54) is 37.7 Å². The number of rotatable bonds is 1. The van der Waals surface area contributed by atoms with Crippen molar-refractivity contribution in [1.29, 1.82) is 0 Å². The molecule has 3 fully saturated rings. The Balaban J connectivity index is 1.72. The molecule has 0 aromatic heterocycles. The Morgan fingerprint density at radius 3 is 2.74 bits per heavy atom. The molecule has 0 saturated heterocycles. The summed E-state index contributed by atoms with van der Waals surface area (Å²) in [7, 11) is 0. The highest BCUT2D eigenvalue weighted by molar-refractivity contribution is 5.91. The van der Waals surface area contributed by atoms with Crippen molar-refractivity contribution in [3.63, 3.8) is 0 Å². The van der Waals surface area contributed by atoms with Crippen molar-refractivity contribution < 1.29 is 9.90 Å². The second kappa shape index (κ2) is 5.31. The lowest BCUT2D eigenvalue weighted by atomic mass is 9.47. The second-order valence-electron chi connectivity index (χ2n) is 8.67. The number of hydrogen-bond donors (Lipinski definition) is 1. The predicted molar refractivity (Wildman–Crippen MR) is 91.9 cm³/mol. The number of allylic oxidation sites excluding steroid dienone is 2. The van der Waals surface area contributed by atoms with Gasteiger partial charge in [-0.3, -0.25) is 4.79 Å². The van der Waals surface area contributed by atoms with Crippen LogP contribution >= 0.6 is 0 Å². The first-order valence-corrected chi connectivity index (χ1v) is 9.55. The fourth-order valence-corrected chi connectivity index (χ4v) is 6.98. The molecule has 0 aliphatic heterocycles. The predicted octanol–water partition coefficient (Wildman–Crippen LogP) is 4.44. The summed E-state index contributed by atoms with van der Waals surface area (Å²) in [5, 5.41) is 10.3. The third-order valence-corrected chi connectivity index (χ3v) is 8.16. The highest BCUT2D eigenvalue weighted by Gasteiger charge is 2.58. The fraction of sp³-hybridized carbons (Fsp3) is 0.762. The molecule has 0 heterocycles. The SMILES string of the molecule is C/C=C1/CCC2C3CCC4=CC(=O)CCC4(CO)C3CCC12C. The van der Waals surface area contributed by atoms with Crippen LogP contribution in [0.25, 0.3) is 0 Å². The van der Waals surface area contributed by atoms with Gasteiger partial charge in [0.25, 0.3) is 0 Å². The molecular formula is C21H30O2. The molecule has 0 spiro atoms. The largest absolute Gasteiger partial charge is 0.395 e. The van der Waals surface area contributed by atoms with Gasteiger partial charge in [-0.1, -0.05) is 24.1 Å². The van der Waals surface area contributed by atoms with Crippen LogP contribution in [-0.2, 0) is 4.79 Å². The highest BCUT2D eigenvalue weighted by Crippen LogP contribution is 2.66. The number of aliphatic hydroxyl groups is 1. The molecule has 4 rings (SSSR count). The van der Waals surface area contributed by atoms with E-state index in [-0.39, 0.29) is 17.8 Å². The first-order valence-electron chi connectivity index (χ1n) is 9.55. The summed E-state index contributed by atoms with van der Waals surface area (Å²) in [6.07, 6.45) is 13.1. The van der Waals surface area contributed by atoms with Crippen LogP contribution in [0.4, 0.5) is 0 Å². The third kappa shape index (κ3) is 2.00. The summed E-state index contributed by atoms with van der Waals surface area (Å²) in [5.41, 5.74) is 3.29. The number of fused-ring (bicyclic) bond motifs is 5. The van der Waals surface area contributed by atoms with Gasteiger partial charge in [0.05, 0.1) is 6.61 Å². The number of hydrogen-bond acceptors (Lipinski definition) is 2. The normalized spacial score (nSPS) is 47.8. The molecule has 5 atom stereocenters. The summed E-state index contributed by atoms with van der Waals surface area (Å²) in [4.78, 5) is 11.9. The lowest BCUT2D eigenvalue weighted by Crippen LogP contribution is -2.52. The Morgan fingerprint density at radius 2 is 2.00 bits per heavy atom. The molecule has 5 unspecified atom stereocenters. The summed E-state index contributed by atoms with van der Waals surface area (Å²) in [5.74, 6) is 2.40. The van der Waals surface area contributed by atoms with E-state index >= 15 is 0 Å². The average Bonchev–Trinajstić information content (AvgIpc) is 2.90. The molecule has 2 heteroatoms. The molecule has 4 aliphatic carbocycles. The quantitative estimate of drug-likeness (QED) is 0.727. The van der Waals surface area contributed by atoms with Gasteiger partial charge < -0.3 is 5.11 Å². The minimum atomic E-state index is -0.0726. The smallest absolute Gasteiger partial charge is 0.155 e. The van der Waals surface area contributed by atoms with Crippen molar-refractivity contribution in [3.05, 3.63) is 23.3 Å². The Bertz CT molecular complexity index is 587. The van der Waals surface area contributed by atoms with Gasteiger partial charge in [-0.2, -0.15) is 0 Å². The average molecular weight is 314 g/mol. The third-order valence-electron chi connectivity index (χ3n) is 8.16. The number of carbonyl (C=O) groups is 1. The molecule has 0 bridgehead atoms. The summed E-state index contributed by atoms with van der Waals surface area (Å²) in [6.45, 7) is 4.95. The zero-order chi connectivity index (χ0) is 16.2. The van der Waals surface area contributed by atoms with E-state index in [4.69, 9.17) is 0 Å². The maximum absolute atomic E-state index is 11.9. The van der Waals surface area contributed by atoms with E-state index in [0.717, 1.165) is 24.7 Å². The van der Waals surface area contributed by atoms with Crippen LogP contribution in [-0.4, -0.2) is 17.5 Å². The molecule has 3 saturated carbocycles. The number of ketones is 1. The van der Waals surface area contributed by atoms with E-state index in [9.17, 15) is 9.90 Å². The lowest BCUT2D eigenvalue weighted by Gasteiger charge is -2.58. The van der Waals surface area contributed by atoms with E-state index in [2.05, 4.69) is 19.9 Å². The molecule has 0 aromatic carbocycles. The van der Waals surface area contributed by atoms with Gasteiger partial charge in [0.2, 0.25) is 0 Å². The minimum absolute atomic E-state index is 0.0726. The minimum Gasteiger partial charge on any atom is -0.395 e. The molecular weight excluding hydrogens is 284 g/mol. The van der Waals surface area contributed by atoms with Crippen LogP contribution in [0.3, 0.4) is 0 Å². The van der Waals surface area contributed by atoms with Crippen molar-refractivity contribution in [1.82, 2.24) is 0 Å². The van der Waals surface area contributed by atoms with Crippen LogP contribution in [0.15, 0.2) is 23.3 Å². The standard InChI is InChI=1S/C21H30O2/c1-3-14-5-7-18-17-6-4-15-12-16(23)8-11-21(15,13-22)19(17)9-10-20(14,18)2/h3,12,17-19,22H,4-11,13H2,1-2H3/b14-3-. The first-order chi connectivity index (χ1) is 11.0. The fourth-order valence-electron chi connectivity index (χ4n) is 6.98. The maximum atomic E-state index is 11.9. The molecule has 23 heavy (non-hydrogen) atoms. The van der Waals surface area contributed by atoms with Gasteiger partial charge in [0, 0.05) is 11.8 Å². The molecule has 2 nitrogen and oxygen atoms in total. The monoisotopic (exact) mass is 314 g/mol. The van der Waals surface area contributed by atoms with Gasteiger partial charge in [-0.15, -0.1) is 0 Å². The Labute approximate surface area is 140 Å². The summed E-state index contributed by atoms with van der Waals surface area (Å²) in [6, 6.07) is 0. The van der Waals surface area contributed by atoms with Crippen LogP contribution in [0.2, 0.25) is 0 Å². The Hall–Kier alpha value is -0.890. The maximum Gasteiger partial charge on any atom is 0.155 e. The van der Waals surface area contributed by atoms with Crippen molar-refractivity contribution >= 4 is 5.78 Å². The topological polar surface area (TPSA) is 37.3 Å². The van der Waals surface area contributed by atoms with Crippen molar-refractivity contribution in [2.75, 3.05) is 6.61 Å². The van der Waals surface area contributed by atoms with Gasteiger partial charge >= 0.3 is 0 Å². The van der Waals surface area contributed by atoms with Gasteiger partial charge in [0.1, 0.15) is 0 Å². The van der Waals surface area contributed by atoms with Crippen molar-refractivity contribution in [3.8, 4) is 0 Å². The van der Waals surface area contributed by atoms with Crippen LogP contribution in [0.1, 0.15) is 65.2 Å². The lowest BCUT2D eigenvalue weighted by molar-refractivity contribution is -0.118. The first kappa shape index (κ1) is 15.6. The van der Waals surface area contributed by atoms with Crippen LogP contribution < -0.4 is 0 Å². The van der Waals surface area contributed by atoms with E-state index in [1.807, 2.05) is 6.08 Å². The Morgan fingerprint density at radius 1 is 1.17 bits per heavy atom. The number of carbonyl (C=O) groups excluding carboxylic acids is 1.